The van der Waals surface area contributed by atoms with Gasteiger partial charge in [-0.3, -0.25) is 0 Å². The predicted molar refractivity (Wildman–Crippen MR) is 210 cm³/mol. The molecule has 2 nitrogen and oxygen atoms in total. The van der Waals surface area contributed by atoms with Gasteiger partial charge in [-0.25, -0.2) is 0 Å². The Labute approximate surface area is 287 Å². The fourth-order valence-corrected chi connectivity index (χ4v) is 8.47. The van der Waals surface area contributed by atoms with Crippen LogP contribution in [0.5, 0.6) is 0 Å². The molecule has 0 spiro atoms. The largest absolute Gasteiger partial charge is 0.456 e. The van der Waals surface area contributed by atoms with Crippen molar-refractivity contribution in [1.29, 1.82) is 0 Å². The average molecular weight is 644 g/mol. The fraction of sp³-hybridized carbons (Fsp3) is 0. The summed E-state index contributed by atoms with van der Waals surface area (Å²) >= 11 is 1.85. The maximum absolute atomic E-state index is 6.38. The van der Waals surface area contributed by atoms with Gasteiger partial charge in [-0.15, -0.1) is 11.3 Å². The van der Waals surface area contributed by atoms with Crippen LogP contribution in [0.2, 0.25) is 0 Å². The van der Waals surface area contributed by atoms with E-state index in [2.05, 4.69) is 175 Å². The molecule has 49 heavy (non-hydrogen) atoms. The van der Waals surface area contributed by atoms with E-state index in [-0.39, 0.29) is 0 Å². The van der Waals surface area contributed by atoms with Crippen molar-refractivity contribution in [3.63, 3.8) is 0 Å². The monoisotopic (exact) mass is 643 g/mol. The first-order valence-electron chi connectivity index (χ1n) is 16.6. The van der Waals surface area contributed by atoms with Crippen molar-refractivity contribution < 1.29 is 4.42 Å². The van der Waals surface area contributed by atoms with Crippen molar-refractivity contribution in [3.8, 4) is 22.3 Å². The van der Waals surface area contributed by atoms with E-state index in [1.165, 1.54) is 53.2 Å². The highest BCUT2D eigenvalue weighted by molar-refractivity contribution is 7.26. The van der Waals surface area contributed by atoms with E-state index in [1.54, 1.807) is 0 Å². The van der Waals surface area contributed by atoms with E-state index in [0.717, 1.165) is 39.0 Å². The third kappa shape index (κ3) is 4.62. The molecule has 0 saturated heterocycles. The molecular weight excluding hydrogens is 615 g/mol. The Balaban J connectivity index is 1.14. The zero-order valence-electron chi connectivity index (χ0n) is 26.5. The quantitative estimate of drug-likeness (QED) is 0.186. The van der Waals surface area contributed by atoms with Gasteiger partial charge in [0, 0.05) is 31.2 Å². The molecular formula is C46H29NOS. The van der Waals surface area contributed by atoms with Crippen LogP contribution in [0.1, 0.15) is 0 Å². The van der Waals surface area contributed by atoms with E-state index < -0.39 is 0 Å². The minimum atomic E-state index is 0.883. The molecule has 0 bridgehead atoms. The molecule has 0 saturated carbocycles. The summed E-state index contributed by atoms with van der Waals surface area (Å²) in [5, 5.41) is 7.27. The predicted octanol–water partition coefficient (Wildman–Crippen LogP) is 13.9. The summed E-state index contributed by atoms with van der Waals surface area (Å²) in [4.78, 5) is 2.42. The number of hydrogen-bond donors (Lipinski definition) is 0. The van der Waals surface area contributed by atoms with Crippen molar-refractivity contribution in [2.24, 2.45) is 0 Å². The van der Waals surface area contributed by atoms with E-state index in [9.17, 15) is 0 Å². The van der Waals surface area contributed by atoms with Crippen LogP contribution >= 0.6 is 11.3 Å². The second-order valence-electron chi connectivity index (χ2n) is 12.5. The number of fused-ring (bicyclic) bond motifs is 7. The maximum atomic E-state index is 6.38. The summed E-state index contributed by atoms with van der Waals surface area (Å²) < 4.78 is 8.94. The number of thiophene rings is 1. The highest BCUT2D eigenvalue weighted by Gasteiger charge is 2.22. The molecule has 0 unspecified atom stereocenters. The Kier molecular flexibility index (Phi) is 6.39. The van der Waals surface area contributed by atoms with Gasteiger partial charge in [0.25, 0.3) is 0 Å². The molecule has 10 rings (SSSR count). The van der Waals surface area contributed by atoms with Crippen molar-refractivity contribution in [1.82, 2.24) is 0 Å². The summed E-state index contributed by atoms with van der Waals surface area (Å²) in [5.41, 5.74) is 9.92. The number of furan rings is 1. The molecule has 230 valence electrons. The van der Waals surface area contributed by atoms with Crippen molar-refractivity contribution in [2.45, 2.75) is 0 Å². The summed E-state index contributed by atoms with van der Waals surface area (Å²) in [7, 11) is 0. The Morgan fingerprint density at radius 2 is 1.00 bits per heavy atom. The van der Waals surface area contributed by atoms with Gasteiger partial charge >= 0.3 is 0 Å². The maximum Gasteiger partial charge on any atom is 0.137 e. The minimum absolute atomic E-state index is 0.883. The topological polar surface area (TPSA) is 16.4 Å². The first kappa shape index (κ1) is 27.9. The van der Waals surface area contributed by atoms with Crippen LogP contribution in [0.3, 0.4) is 0 Å². The van der Waals surface area contributed by atoms with Crippen LogP contribution < -0.4 is 4.90 Å². The van der Waals surface area contributed by atoms with Gasteiger partial charge in [0.15, 0.2) is 0 Å². The summed E-state index contributed by atoms with van der Waals surface area (Å²) in [5.74, 6) is 0. The molecule has 0 aliphatic rings. The van der Waals surface area contributed by atoms with Crippen LogP contribution in [0.15, 0.2) is 180 Å². The second-order valence-corrected chi connectivity index (χ2v) is 13.6. The van der Waals surface area contributed by atoms with Crippen LogP contribution in [-0.2, 0) is 0 Å². The smallest absolute Gasteiger partial charge is 0.137 e. The molecule has 0 atom stereocenters. The number of anilines is 3. The van der Waals surface area contributed by atoms with Crippen molar-refractivity contribution in [2.75, 3.05) is 4.90 Å². The van der Waals surface area contributed by atoms with Crippen molar-refractivity contribution >= 4 is 81.3 Å². The first-order chi connectivity index (χ1) is 24.3. The molecule has 0 amide bonds. The van der Waals surface area contributed by atoms with Crippen LogP contribution in [-0.4, -0.2) is 0 Å². The van der Waals surface area contributed by atoms with Gasteiger partial charge in [0.1, 0.15) is 11.2 Å². The van der Waals surface area contributed by atoms with Gasteiger partial charge in [-0.2, -0.15) is 0 Å². The Hall–Kier alpha value is -6.16. The molecule has 0 N–H and O–H groups in total. The number of nitrogens with zero attached hydrogens (tertiary/aromatic N) is 1. The Bertz CT molecular complexity index is 2730. The standard InChI is InChI=1S/C46H29NOS/c1-2-11-32-29-35(23-22-30(32)10-1)34-13-7-12-33(28-34)31-24-26-36(27-25-31)47(39-16-8-19-42-45(39)37-14-3-5-18-41(37)48-42)40-17-9-21-44-46(40)38-15-4-6-20-43(38)49-44/h1-29H. The Morgan fingerprint density at radius 1 is 0.388 bits per heavy atom. The summed E-state index contributed by atoms with van der Waals surface area (Å²) in [6, 6.07) is 63.3. The molecule has 0 radical (unpaired) electrons. The Morgan fingerprint density at radius 3 is 1.88 bits per heavy atom. The van der Waals surface area contributed by atoms with E-state index in [0.29, 0.717) is 0 Å². The lowest BCUT2D eigenvalue weighted by atomic mass is 9.97. The first-order valence-corrected chi connectivity index (χ1v) is 17.4. The van der Waals surface area contributed by atoms with Gasteiger partial charge in [0.2, 0.25) is 0 Å². The molecule has 0 fully saturated rings. The fourth-order valence-electron chi connectivity index (χ4n) is 7.34. The lowest BCUT2D eigenvalue weighted by Crippen LogP contribution is -2.10. The third-order valence-corrected chi connectivity index (χ3v) is 10.8. The number of hydrogen-bond acceptors (Lipinski definition) is 3. The van der Waals surface area contributed by atoms with Crippen LogP contribution in [0, 0.1) is 0 Å². The SMILES string of the molecule is c1cc(-c2ccc(N(c3cccc4oc5ccccc5c34)c3cccc4sc5ccccc5c34)cc2)cc(-c2ccc3ccccc3c2)c1. The molecule has 3 heteroatoms. The number of rotatable bonds is 5. The van der Waals surface area contributed by atoms with Gasteiger partial charge < -0.3 is 9.32 Å². The molecule has 8 aromatic carbocycles. The van der Waals surface area contributed by atoms with Crippen molar-refractivity contribution in [3.05, 3.63) is 176 Å². The number of benzene rings is 8. The number of para-hydroxylation sites is 1. The van der Waals surface area contributed by atoms with Gasteiger partial charge in [0.05, 0.1) is 16.8 Å². The van der Waals surface area contributed by atoms with E-state index >= 15 is 0 Å². The zero-order chi connectivity index (χ0) is 32.3. The highest BCUT2D eigenvalue weighted by atomic mass is 32.1. The summed E-state index contributed by atoms with van der Waals surface area (Å²) in [6.07, 6.45) is 0. The molecule has 10 aromatic rings. The van der Waals surface area contributed by atoms with Crippen LogP contribution in [0.25, 0.3) is 75.1 Å². The van der Waals surface area contributed by atoms with E-state index in [1.807, 2.05) is 17.4 Å². The lowest BCUT2D eigenvalue weighted by Gasteiger charge is -2.27. The van der Waals surface area contributed by atoms with E-state index in [4.69, 9.17) is 4.42 Å². The highest BCUT2D eigenvalue weighted by Crippen LogP contribution is 2.48. The zero-order valence-corrected chi connectivity index (χ0v) is 27.3. The lowest BCUT2D eigenvalue weighted by molar-refractivity contribution is 0.669. The molecule has 2 aromatic heterocycles. The third-order valence-electron chi connectivity index (χ3n) is 9.65. The van der Waals surface area contributed by atoms with Gasteiger partial charge in [-0.05, 0) is 93.7 Å². The normalized spacial score (nSPS) is 11.7. The molecule has 0 aliphatic heterocycles. The van der Waals surface area contributed by atoms with Gasteiger partial charge in [-0.1, -0.05) is 115 Å². The molecule has 0 aliphatic carbocycles. The molecule has 2 heterocycles. The summed E-state index contributed by atoms with van der Waals surface area (Å²) in [6.45, 7) is 0. The average Bonchev–Trinajstić information content (AvgIpc) is 3.74. The minimum Gasteiger partial charge on any atom is -0.456 e. The van der Waals surface area contributed by atoms with Crippen LogP contribution in [0.4, 0.5) is 17.1 Å². The second kappa shape index (κ2) is 11.2.